The standard InChI is InChI=1S/C27H29N3O5/c1-29-13-15-30(16-14-29)27(32)19-7-5-18(6-8-19)23(31)12-10-20-9-11-21-22(28-20)17-24(33-2)26(35-4)25(21)34-3/h5-12,17H,13-16H2,1-4H3/b12-10+. The number of allylic oxidation sites excluding steroid dienone is 1. The summed E-state index contributed by atoms with van der Waals surface area (Å²) in [6.45, 7) is 3.15. The highest BCUT2D eigenvalue weighted by molar-refractivity contribution is 6.07. The summed E-state index contributed by atoms with van der Waals surface area (Å²) in [5.74, 6) is 1.36. The summed E-state index contributed by atoms with van der Waals surface area (Å²) in [4.78, 5) is 34.1. The smallest absolute Gasteiger partial charge is 0.253 e. The van der Waals surface area contributed by atoms with E-state index >= 15 is 0 Å². The predicted molar refractivity (Wildman–Crippen MR) is 135 cm³/mol. The maximum Gasteiger partial charge on any atom is 0.253 e. The van der Waals surface area contributed by atoms with E-state index in [-0.39, 0.29) is 11.7 Å². The van der Waals surface area contributed by atoms with Gasteiger partial charge in [0, 0.05) is 48.8 Å². The molecule has 3 aromatic rings. The number of carbonyl (C=O) groups is 2. The van der Waals surface area contributed by atoms with Crippen molar-refractivity contribution < 1.29 is 23.8 Å². The van der Waals surface area contributed by atoms with E-state index in [2.05, 4.69) is 9.88 Å². The van der Waals surface area contributed by atoms with Crippen molar-refractivity contribution in [3.8, 4) is 17.2 Å². The van der Waals surface area contributed by atoms with Crippen LogP contribution in [0.2, 0.25) is 0 Å². The Balaban J connectivity index is 1.50. The largest absolute Gasteiger partial charge is 0.493 e. The first-order valence-corrected chi connectivity index (χ1v) is 11.3. The highest BCUT2D eigenvalue weighted by Crippen LogP contribution is 2.42. The molecule has 0 spiro atoms. The minimum Gasteiger partial charge on any atom is -0.493 e. The third-order valence-electron chi connectivity index (χ3n) is 6.13. The van der Waals surface area contributed by atoms with E-state index in [0.29, 0.717) is 52.7 Å². The van der Waals surface area contributed by atoms with Crippen molar-refractivity contribution in [3.63, 3.8) is 0 Å². The minimum absolute atomic E-state index is 0.00417. The molecule has 2 heterocycles. The Labute approximate surface area is 204 Å². The lowest BCUT2D eigenvalue weighted by molar-refractivity contribution is 0.0664. The van der Waals surface area contributed by atoms with Gasteiger partial charge in [-0.3, -0.25) is 9.59 Å². The number of amides is 1. The van der Waals surface area contributed by atoms with Gasteiger partial charge >= 0.3 is 0 Å². The SMILES string of the molecule is COc1cc2nc(/C=C/C(=O)c3ccc(C(=O)N4CCN(C)CC4)cc3)ccc2c(OC)c1OC. The molecule has 182 valence electrons. The number of hydrogen-bond acceptors (Lipinski definition) is 7. The van der Waals surface area contributed by atoms with Gasteiger partial charge in [-0.15, -0.1) is 0 Å². The molecule has 0 bridgehead atoms. The van der Waals surface area contributed by atoms with Gasteiger partial charge in [0.25, 0.3) is 5.91 Å². The molecule has 35 heavy (non-hydrogen) atoms. The zero-order chi connectivity index (χ0) is 24.9. The number of pyridine rings is 1. The van der Waals surface area contributed by atoms with Crippen molar-refractivity contribution in [3.05, 3.63) is 65.4 Å². The lowest BCUT2D eigenvalue weighted by Gasteiger charge is -2.32. The Bertz CT molecular complexity index is 1260. The maximum atomic E-state index is 12.7. The van der Waals surface area contributed by atoms with E-state index in [0.717, 1.165) is 18.5 Å². The van der Waals surface area contributed by atoms with Crippen molar-refractivity contribution >= 4 is 28.7 Å². The molecule has 1 aromatic heterocycles. The molecule has 0 unspecified atom stereocenters. The van der Waals surface area contributed by atoms with E-state index in [1.54, 1.807) is 63.8 Å². The number of likely N-dealkylation sites (N-methyl/N-ethyl adjacent to an activating group) is 1. The van der Waals surface area contributed by atoms with Crippen LogP contribution in [0.4, 0.5) is 0 Å². The monoisotopic (exact) mass is 475 g/mol. The maximum absolute atomic E-state index is 12.7. The predicted octanol–water partition coefficient (Wildman–Crippen LogP) is 3.54. The molecule has 0 aliphatic carbocycles. The third-order valence-corrected chi connectivity index (χ3v) is 6.13. The van der Waals surface area contributed by atoms with Crippen LogP contribution in [0.3, 0.4) is 0 Å². The van der Waals surface area contributed by atoms with E-state index in [1.807, 2.05) is 18.0 Å². The lowest BCUT2D eigenvalue weighted by Crippen LogP contribution is -2.47. The molecule has 4 rings (SSSR count). The fourth-order valence-electron chi connectivity index (χ4n) is 4.08. The van der Waals surface area contributed by atoms with Gasteiger partial charge in [-0.25, -0.2) is 4.98 Å². The van der Waals surface area contributed by atoms with Gasteiger partial charge in [-0.1, -0.05) is 12.1 Å². The summed E-state index contributed by atoms with van der Waals surface area (Å²) in [6, 6.07) is 12.2. The summed E-state index contributed by atoms with van der Waals surface area (Å²) in [7, 11) is 6.72. The molecule has 0 radical (unpaired) electrons. The van der Waals surface area contributed by atoms with Crippen LogP contribution in [0.25, 0.3) is 17.0 Å². The fraction of sp³-hybridized carbons (Fsp3) is 0.296. The molecule has 1 aliphatic heterocycles. The van der Waals surface area contributed by atoms with Crippen molar-refractivity contribution in [2.24, 2.45) is 0 Å². The van der Waals surface area contributed by atoms with Crippen LogP contribution in [-0.4, -0.2) is 81.0 Å². The van der Waals surface area contributed by atoms with E-state index < -0.39 is 0 Å². The third kappa shape index (κ3) is 5.12. The number of carbonyl (C=O) groups excluding carboxylic acids is 2. The second-order valence-electron chi connectivity index (χ2n) is 8.32. The van der Waals surface area contributed by atoms with Gasteiger partial charge < -0.3 is 24.0 Å². The van der Waals surface area contributed by atoms with Gasteiger partial charge in [0.1, 0.15) is 0 Å². The first-order valence-electron chi connectivity index (χ1n) is 11.3. The van der Waals surface area contributed by atoms with Gasteiger partial charge in [-0.05, 0) is 43.5 Å². The van der Waals surface area contributed by atoms with Gasteiger partial charge in [0.2, 0.25) is 5.75 Å². The summed E-state index contributed by atoms with van der Waals surface area (Å²) < 4.78 is 16.3. The molecular formula is C27H29N3O5. The van der Waals surface area contributed by atoms with Crippen molar-refractivity contribution in [1.29, 1.82) is 0 Å². The number of benzene rings is 2. The van der Waals surface area contributed by atoms with Crippen LogP contribution >= 0.6 is 0 Å². The normalized spacial score (nSPS) is 14.3. The molecule has 1 fully saturated rings. The number of aromatic nitrogens is 1. The topological polar surface area (TPSA) is 81.2 Å². The fourth-order valence-corrected chi connectivity index (χ4v) is 4.08. The zero-order valence-electron chi connectivity index (χ0n) is 20.4. The number of piperazine rings is 1. The second kappa shape index (κ2) is 10.6. The first-order chi connectivity index (χ1) is 16.9. The van der Waals surface area contributed by atoms with Gasteiger partial charge in [0.05, 0.1) is 32.5 Å². The van der Waals surface area contributed by atoms with Crippen molar-refractivity contribution in [2.45, 2.75) is 0 Å². The molecule has 0 saturated carbocycles. The quantitative estimate of drug-likeness (QED) is 0.382. The Morgan fingerprint density at radius 3 is 2.14 bits per heavy atom. The van der Waals surface area contributed by atoms with Crippen LogP contribution in [0.15, 0.2) is 48.5 Å². The van der Waals surface area contributed by atoms with Crippen molar-refractivity contribution in [1.82, 2.24) is 14.8 Å². The van der Waals surface area contributed by atoms with Gasteiger partial charge in [-0.2, -0.15) is 0 Å². The highest BCUT2D eigenvalue weighted by atomic mass is 16.5. The molecular weight excluding hydrogens is 446 g/mol. The molecule has 8 nitrogen and oxygen atoms in total. The second-order valence-corrected chi connectivity index (χ2v) is 8.32. The highest BCUT2D eigenvalue weighted by Gasteiger charge is 2.20. The van der Waals surface area contributed by atoms with Crippen LogP contribution in [0.5, 0.6) is 17.2 Å². The number of hydrogen-bond donors (Lipinski definition) is 0. The number of methoxy groups -OCH3 is 3. The number of nitrogens with zero attached hydrogens (tertiary/aromatic N) is 3. The van der Waals surface area contributed by atoms with Crippen LogP contribution in [0.1, 0.15) is 26.4 Å². The Morgan fingerprint density at radius 2 is 1.51 bits per heavy atom. The Morgan fingerprint density at radius 1 is 0.857 bits per heavy atom. The van der Waals surface area contributed by atoms with E-state index in [1.165, 1.54) is 6.08 Å². The Hall–Kier alpha value is -3.91. The summed E-state index contributed by atoms with van der Waals surface area (Å²) >= 11 is 0. The molecule has 0 atom stereocenters. The first kappa shape index (κ1) is 24.2. The summed E-state index contributed by atoms with van der Waals surface area (Å²) in [5, 5.41) is 0.772. The Kier molecular flexibility index (Phi) is 7.31. The summed E-state index contributed by atoms with van der Waals surface area (Å²) in [6.07, 6.45) is 3.14. The van der Waals surface area contributed by atoms with Crippen LogP contribution in [0, 0.1) is 0 Å². The number of ketones is 1. The number of fused-ring (bicyclic) bond motifs is 1. The molecule has 1 aliphatic rings. The minimum atomic E-state index is -0.171. The molecule has 8 heteroatoms. The lowest BCUT2D eigenvalue weighted by atomic mass is 10.1. The van der Waals surface area contributed by atoms with Crippen LogP contribution < -0.4 is 14.2 Å². The summed E-state index contributed by atoms with van der Waals surface area (Å²) in [5.41, 5.74) is 2.36. The molecule has 1 amide bonds. The molecule has 0 N–H and O–H groups in total. The van der Waals surface area contributed by atoms with E-state index in [9.17, 15) is 9.59 Å². The number of rotatable bonds is 7. The zero-order valence-corrected chi connectivity index (χ0v) is 20.4. The molecule has 1 saturated heterocycles. The van der Waals surface area contributed by atoms with Crippen molar-refractivity contribution in [2.75, 3.05) is 54.6 Å². The van der Waals surface area contributed by atoms with E-state index in [4.69, 9.17) is 14.2 Å². The average Bonchev–Trinajstić information content (AvgIpc) is 2.90. The van der Waals surface area contributed by atoms with Gasteiger partial charge in [0.15, 0.2) is 17.3 Å². The van der Waals surface area contributed by atoms with Crippen LogP contribution in [-0.2, 0) is 0 Å². The number of ether oxygens (including phenoxy) is 3. The average molecular weight is 476 g/mol. The molecule has 2 aromatic carbocycles.